The Bertz CT molecular complexity index is 371. The summed E-state index contributed by atoms with van der Waals surface area (Å²) >= 11 is 3.43. The first-order valence-electron chi connectivity index (χ1n) is 5.93. The van der Waals surface area contributed by atoms with Gasteiger partial charge in [0.25, 0.3) is 0 Å². The van der Waals surface area contributed by atoms with E-state index in [1.54, 1.807) is 0 Å². The zero-order valence-corrected chi connectivity index (χ0v) is 12.6. The van der Waals surface area contributed by atoms with Crippen molar-refractivity contribution < 1.29 is 4.39 Å². The Kier molecular flexibility index (Phi) is 5.14. The molecule has 0 amide bonds. The Hall–Kier alpha value is -0.410. The highest BCUT2D eigenvalue weighted by Gasteiger charge is 2.24. The lowest BCUT2D eigenvalue weighted by Gasteiger charge is -2.31. The maximum atomic E-state index is 13.0. The number of benzene rings is 1. The van der Waals surface area contributed by atoms with Crippen molar-refractivity contribution in [1.82, 2.24) is 5.32 Å². The second kappa shape index (κ2) is 5.96. The first kappa shape index (κ1) is 14.7. The summed E-state index contributed by atoms with van der Waals surface area (Å²) in [5, 5.41) is 3.24. The molecule has 1 rings (SSSR count). The normalized spacial score (nSPS) is 13.8. The van der Waals surface area contributed by atoms with Crippen LogP contribution in [0.15, 0.2) is 22.7 Å². The molecule has 3 heteroatoms. The van der Waals surface area contributed by atoms with Gasteiger partial charge in [0, 0.05) is 4.47 Å². The van der Waals surface area contributed by atoms with E-state index in [0.717, 1.165) is 17.4 Å². The van der Waals surface area contributed by atoms with E-state index in [9.17, 15) is 4.39 Å². The van der Waals surface area contributed by atoms with Crippen LogP contribution in [0.4, 0.5) is 4.39 Å². The van der Waals surface area contributed by atoms with Crippen LogP contribution in [0.3, 0.4) is 0 Å². The largest absolute Gasteiger partial charge is 0.319 e. The van der Waals surface area contributed by atoms with Gasteiger partial charge in [0.1, 0.15) is 5.82 Å². The third-order valence-electron chi connectivity index (χ3n) is 3.16. The van der Waals surface area contributed by atoms with Crippen molar-refractivity contribution >= 4 is 15.9 Å². The lowest BCUT2D eigenvalue weighted by molar-refractivity contribution is 0.234. The summed E-state index contributed by atoms with van der Waals surface area (Å²) in [4.78, 5) is 0. The Labute approximate surface area is 112 Å². The van der Waals surface area contributed by atoms with E-state index >= 15 is 0 Å². The molecule has 1 aromatic carbocycles. The van der Waals surface area contributed by atoms with Crippen molar-refractivity contribution in [1.29, 1.82) is 0 Å². The van der Waals surface area contributed by atoms with E-state index in [1.165, 1.54) is 17.7 Å². The third kappa shape index (κ3) is 4.40. The van der Waals surface area contributed by atoms with Crippen LogP contribution in [0.1, 0.15) is 26.3 Å². The average molecular weight is 302 g/mol. The maximum absolute atomic E-state index is 13.0. The second-order valence-corrected chi connectivity index (χ2v) is 6.41. The van der Waals surface area contributed by atoms with Crippen LogP contribution >= 0.6 is 15.9 Å². The number of nitrogens with one attached hydrogen (secondary N) is 1. The van der Waals surface area contributed by atoms with Gasteiger partial charge in [-0.25, -0.2) is 4.39 Å². The van der Waals surface area contributed by atoms with Gasteiger partial charge in [0.2, 0.25) is 0 Å². The van der Waals surface area contributed by atoms with E-state index in [0.29, 0.717) is 5.92 Å². The zero-order valence-electron chi connectivity index (χ0n) is 11.0. The molecule has 1 unspecified atom stereocenters. The molecule has 0 radical (unpaired) electrons. The molecule has 1 atom stereocenters. The molecule has 0 heterocycles. The zero-order chi connectivity index (χ0) is 13.1. The van der Waals surface area contributed by atoms with Gasteiger partial charge in [0.15, 0.2) is 0 Å². The standard InChI is InChI=1S/C14H21BrFN/c1-14(2,3)11(9-17-4)7-10-5-6-12(16)8-13(10)15/h5-6,8,11,17H,7,9H2,1-4H3. The lowest BCUT2D eigenvalue weighted by atomic mass is 9.77. The molecule has 0 aliphatic carbocycles. The Morgan fingerprint density at radius 2 is 2.00 bits per heavy atom. The molecule has 0 aromatic heterocycles. The van der Waals surface area contributed by atoms with Gasteiger partial charge >= 0.3 is 0 Å². The van der Waals surface area contributed by atoms with Gasteiger partial charge in [-0.1, -0.05) is 42.8 Å². The number of rotatable bonds is 4. The predicted octanol–water partition coefficient (Wildman–Crippen LogP) is 4.01. The number of halogens is 2. The predicted molar refractivity (Wildman–Crippen MR) is 74.7 cm³/mol. The van der Waals surface area contributed by atoms with Gasteiger partial charge in [0.05, 0.1) is 0 Å². The van der Waals surface area contributed by atoms with Gasteiger partial charge in [-0.3, -0.25) is 0 Å². The molecular weight excluding hydrogens is 281 g/mol. The van der Waals surface area contributed by atoms with Crippen molar-refractivity contribution in [3.8, 4) is 0 Å². The summed E-state index contributed by atoms with van der Waals surface area (Å²) in [6.07, 6.45) is 0.950. The summed E-state index contributed by atoms with van der Waals surface area (Å²) < 4.78 is 13.9. The molecule has 0 bridgehead atoms. The molecule has 0 spiro atoms. The number of hydrogen-bond donors (Lipinski definition) is 1. The van der Waals surface area contributed by atoms with Crippen LogP contribution in [-0.4, -0.2) is 13.6 Å². The van der Waals surface area contributed by atoms with E-state index in [2.05, 4.69) is 42.0 Å². The smallest absolute Gasteiger partial charge is 0.124 e. The molecule has 1 aromatic rings. The van der Waals surface area contributed by atoms with Gasteiger partial charge in [-0.2, -0.15) is 0 Å². The summed E-state index contributed by atoms with van der Waals surface area (Å²) in [5.74, 6) is 0.329. The van der Waals surface area contributed by atoms with Crippen molar-refractivity contribution in [3.05, 3.63) is 34.1 Å². The Balaban J connectivity index is 2.86. The molecule has 0 saturated heterocycles. The fourth-order valence-electron chi connectivity index (χ4n) is 1.88. The van der Waals surface area contributed by atoms with E-state index in [1.807, 2.05) is 13.1 Å². The topological polar surface area (TPSA) is 12.0 Å². The van der Waals surface area contributed by atoms with Crippen LogP contribution in [-0.2, 0) is 6.42 Å². The molecule has 0 fully saturated rings. The van der Waals surface area contributed by atoms with Gasteiger partial charge in [-0.15, -0.1) is 0 Å². The first-order valence-corrected chi connectivity index (χ1v) is 6.72. The highest BCUT2D eigenvalue weighted by molar-refractivity contribution is 9.10. The molecule has 96 valence electrons. The van der Waals surface area contributed by atoms with Crippen molar-refractivity contribution in [2.24, 2.45) is 11.3 Å². The van der Waals surface area contributed by atoms with E-state index in [4.69, 9.17) is 0 Å². The Morgan fingerprint density at radius 3 is 2.47 bits per heavy atom. The highest BCUT2D eigenvalue weighted by atomic mass is 79.9. The quantitative estimate of drug-likeness (QED) is 0.886. The molecule has 17 heavy (non-hydrogen) atoms. The molecule has 1 N–H and O–H groups in total. The minimum Gasteiger partial charge on any atom is -0.319 e. The van der Waals surface area contributed by atoms with Crippen LogP contribution in [0.2, 0.25) is 0 Å². The van der Waals surface area contributed by atoms with Gasteiger partial charge in [-0.05, 0) is 49.0 Å². The summed E-state index contributed by atoms with van der Waals surface area (Å²) in [6, 6.07) is 4.93. The van der Waals surface area contributed by atoms with Crippen molar-refractivity contribution in [2.45, 2.75) is 27.2 Å². The van der Waals surface area contributed by atoms with Crippen LogP contribution in [0.5, 0.6) is 0 Å². The average Bonchev–Trinajstić information content (AvgIpc) is 2.19. The molecule has 0 aliphatic rings. The molecule has 0 saturated carbocycles. The molecule has 1 nitrogen and oxygen atoms in total. The second-order valence-electron chi connectivity index (χ2n) is 5.56. The van der Waals surface area contributed by atoms with Crippen molar-refractivity contribution in [3.63, 3.8) is 0 Å². The van der Waals surface area contributed by atoms with Gasteiger partial charge < -0.3 is 5.32 Å². The molecule has 0 aliphatic heterocycles. The summed E-state index contributed by atoms with van der Waals surface area (Å²) in [5.41, 5.74) is 1.40. The fourth-order valence-corrected chi connectivity index (χ4v) is 2.40. The molecular formula is C14H21BrFN. The first-order chi connectivity index (χ1) is 7.84. The van der Waals surface area contributed by atoms with E-state index < -0.39 is 0 Å². The lowest BCUT2D eigenvalue weighted by Crippen LogP contribution is -2.31. The van der Waals surface area contributed by atoms with E-state index in [-0.39, 0.29) is 11.2 Å². The van der Waals surface area contributed by atoms with Crippen LogP contribution < -0.4 is 5.32 Å². The minimum atomic E-state index is -0.193. The van der Waals surface area contributed by atoms with Crippen LogP contribution in [0.25, 0.3) is 0 Å². The minimum absolute atomic E-state index is 0.193. The fraction of sp³-hybridized carbons (Fsp3) is 0.571. The van der Waals surface area contributed by atoms with Crippen molar-refractivity contribution in [2.75, 3.05) is 13.6 Å². The third-order valence-corrected chi connectivity index (χ3v) is 3.89. The highest BCUT2D eigenvalue weighted by Crippen LogP contribution is 2.31. The number of hydrogen-bond acceptors (Lipinski definition) is 1. The summed E-state index contributed by atoms with van der Waals surface area (Å²) in [7, 11) is 1.97. The monoisotopic (exact) mass is 301 g/mol. The maximum Gasteiger partial charge on any atom is 0.124 e. The SMILES string of the molecule is CNCC(Cc1ccc(F)cc1Br)C(C)(C)C. The Morgan fingerprint density at radius 1 is 1.35 bits per heavy atom. The summed E-state index contributed by atoms with van der Waals surface area (Å²) in [6.45, 7) is 7.69. The van der Waals surface area contributed by atoms with Crippen LogP contribution in [0, 0.1) is 17.2 Å².